The maximum Gasteiger partial charge on any atom is 0.269 e. The first-order valence-corrected chi connectivity index (χ1v) is 11.0. The van der Waals surface area contributed by atoms with E-state index in [1.165, 1.54) is 4.68 Å². The van der Waals surface area contributed by atoms with Crippen molar-refractivity contribution in [2.75, 3.05) is 24.2 Å². The summed E-state index contributed by atoms with van der Waals surface area (Å²) < 4.78 is 1.30. The Balaban J connectivity index is 1.62. The normalized spacial score (nSPS) is 15.5. The summed E-state index contributed by atoms with van der Waals surface area (Å²) in [6.07, 6.45) is 3.49. The second-order valence-electron chi connectivity index (χ2n) is 8.21. The van der Waals surface area contributed by atoms with Crippen molar-refractivity contribution in [1.82, 2.24) is 19.5 Å². The van der Waals surface area contributed by atoms with Gasteiger partial charge in [-0.25, -0.2) is 14.6 Å². The zero-order valence-corrected chi connectivity index (χ0v) is 19.2. The van der Waals surface area contributed by atoms with E-state index in [4.69, 9.17) is 16.6 Å². The molecular formula is C25H27N7O2. The van der Waals surface area contributed by atoms with Gasteiger partial charge in [-0.2, -0.15) is 0 Å². The lowest BCUT2D eigenvalue weighted by atomic mass is 10.1. The van der Waals surface area contributed by atoms with Crippen molar-refractivity contribution in [2.24, 2.45) is 5.73 Å². The van der Waals surface area contributed by atoms with Crippen LogP contribution >= 0.6 is 0 Å². The molecule has 1 saturated heterocycles. The molecule has 9 nitrogen and oxygen atoms in total. The van der Waals surface area contributed by atoms with E-state index < -0.39 is 5.91 Å². The fraction of sp³-hybridized carbons (Fsp3) is 0.280. The van der Waals surface area contributed by atoms with E-state index in [0.29, 0.717) is 35.0 Å². The van der Waals surface area contributed by atoms with E-state index >= 15 is 0 Å². The van der Waals surface area contributed by atoms with Gasteiger partial charge >= 0.3 is 0 Å². The molecule has 4 rings (SSSR count). The Morgan fingerprint density at radius 1 is 1.24 bits per heavy atom. The van der Waals surface area contributed by atoms with Crippen LogP contribution in [0.4, 0.5) is 5.82 Å². The summed E-state index contributed by atoms with van der Waals surface area (Å²) in [5.74, 6) is 12.4. The van der Waals surface area contributed by atoms with Gasteiger partial charge in [-0.1, -0.05) is 18.1 Å². The van der Waals surface area contributed by atoms with Crippen LogP contribution in [0.25, 0.3) is 11.3 Å². The molecule has 174 valence electrons. The number of nitrogen functional groups attached to an aromatic ring is 1. The predicted molar refractivity (Wildman–Crippen MR) is 130 cm³/mol. The fourth-order valence-corrected chi connectivity index (χ4v) is 4.18. The second-order valence-corrected chi connectivity index (χ2v) is 8.21. The average molecular weight is 458 g/mol. The third-order valence-corrected chi connectivity index (χ3v) is 5.87. The number of aromatic nitrogens is 3. The van der Waals surface area contributed by atoms with Crippen LogP contribution in [0.1, 0.15) is 58.0 Å². The maximum atomic E-state index is 12.6. The standard InChI is InChI=1S/C25H27N7O2/c1-3-4-13-31-14-5-6-19(31)24-30-21(22(23(26)33)32(24)27)17-7-9-18(10-8-17)25(34)29-20-15-16(2)11-12-28-20/h7-12,15,19H,5-6,13-14,27H2,1-2H3,(H2,26,33)(H,28,29,34)/t19-/m0/s1. The van der Waals surface area contributed by atoms with Crippen molar-refractivity contribution >= 4 is 17.6 Å². The molecule has 1 aliphatic rings. The molecule has 0 bridgehead atoms. The third kappa shape index (κ3) is 4.63. The number of hydrogen-bond acceptors (Lipinski definition) is 6. The highest BCUT2D eigenvalue weighted by Crippen LogP contribution is 2.33. The number of anilines is 1. The van der Waals surface area contributed by atoms with Crippen LogP contribution in [0, 0.1) is 18.8 Å². The van der Waals surface area contributed by atoms with Crippen LogP contribution in [0.2, 0.25) is 0 Å². The molecule has 1 aromatic carbocycles. The van der Waals surface area contributed by atoms with Gasteiger partial charge in [0.25, 0.3) is 11.8 Å². The third-order valence-electron chi connectivity index (χ3n) is 5.87. The summed E-state index contributed by atoms with van der Waals surface area (Å²) in [4.78, 5) is 36.0. The van der Waals surface area contributed by atoms with Crippen molar-refractivity contribution < 1.29 is 9.59 Å². The van der Waals surface area contributed by atoms with Gasteiger partial charge in [0.1, 0.15) is 17.3 Å². The van der Waals surface area contributed by atoms with Gasteiger partial charge in [0.15, 0.2) is 5.69 Å². The van der Waals surface area contributed by atoms with Crippen molar-refractivity contribution in [3.05, 3.63) is 65.2 Å². The van der Waals surface area contributed by atoms with Crippen LogP contribution in [-0.2, 0) is 0 Å². The van der Waals surface area contributed by atoms with Gasteiger partial charge in [-0.3, -0.25) is 14.5 Å². The van der Waals surface area contributed by atoms with E-state index in [2.05, 4.69) is 27.0 Å². The molecule has 3 heterocycles. The maximum absolute atomic E-state index is 12.6. The quantitative estimate of drug-likeness (QED) is 0.385. The molecule has 2 amide bonds. The van der Waals surface area contributed by atoms with Crippen LogP contribution in [0.3, 0.4) is 0 Å². The number of rotatable bonds is 6. The molecule has 0 saturated carbocycles. The zero-order valence-electron chi connectivity index (χ0n) is 19.2. The number of benzene rings is 1. The molecule has 0 aliphatic carbocycles. The fourth-order valence-electron chi connectivity index (χ4n) is 4.18. The molecule has 0 spiro atoms. The number of likely N-dealkylation sites (tertiary alicyclic amines) is 1. The number of pyridine rings is 1. The van der Waals surface area contributed by atoms with E-state index in [-0.39, 0.29) is 17.6 Å². The van der Waals surface area contributed by atoms with E-state index in [1.54, 1.807) is 43.5 Å². The highest BCUT2D eigenvalue weighted by atomic mass is 16.2. The van der Waals surface area contributed by atoms with Gasteiger partial charge in [-0.05, 0) is 63.1 Å². The number of primary amides is 1. The first kappa shape index (κ1) is 23.0. The molecule has 9 heteroatoms. The number of carbonyl (C=O) groups is 2. The van der Waals surface area contributed by atoms with Crippen molar-refractivity contribution in [1.29, 1.82) is 0 Å². The molecule has 3 aromatic rings. The monoisotopic (exact) mass is 457 g/mol. The number of nitrogens with zero attached hydrogens (tertiary/aromatic N) is 4. The molecule has 34 heavy (non-hydrogen) atoms. The van der Waals surface area contributed by atoms with Crippen molar-refractivity contribution in [3.63, 3.8) is 0 Å². The highest BCUT2D eigenvalue weighted by Gasteiger charge is 2.32. The first-order valence-electron chi connectivity index (χ1n) is 11.0. The number of hydrogen-bond donors (Lipinski definition) is 3. The van der Waals surface area contributed by atoms with Gasteiger partial charge in [0, 0.05) is 17.3 Å². The topological polar surface area (TPSA) is 132 Å². The van der Waals surface area contributed by atoms with Crippen molar-refractivity contribution in [2.45, 2.75) is 32.7 Å². The van der Waals surface area contributed by atoms with Crippen LogP contribution in [0.15, 0.2) is 42.6 Å². The van der Waals surface area contributed by atoms with Crippen LogP contribution in [0.5, 0.6) is 0 Å². The number of amides is 2. The Kier molecular flexibility index (Phi) is 6.61. The largest absolute Gasteiger partial charge is 0.364 e. The molecule has 1 aliphatic heterocycles. The Hall–Kier alpha value is -4.16. The van der Waals surface area contributed by atoms with E-state index in [0.717, 1.165) is 24.9 Å². The number of nitrogens with one attached hydrogen (secondary N) is 1. The molecule has 0 unspecified atom stereocenters. The second kappa shape index (κ2) is 9.77. The molecule has 0 radical (unpaired) electrons. The Morgan fingerprint density at radius 3 is 2.68 bits per heavy atom. The van der Waals surface area contributed by atoms with Gasteiger partial charge in [0.2, 0.25) is 0 Å². The Labute approximate surface area is 198 Å². The van der Waals surface area contributed by atoms with Crippen molar-refractivity contribution in [3.8, 4) is 23.1 Å². The minimum Gasteiger partial charge on any atom is -0.364 e. The SMILES string of the molecule is CC#CCN1CCC[C@H]1c1nc(-c2ccc(C(=O)Nc3cc(C)ccn3)cc2)c(C(N)=O)n1N. The molecule has 2 aromatic heterocycles. The smallest absolute Gasteiger partial charge is 0.269 e. The Bertz CT molecular complexity index is 1280. The summed E-state index contributed by atoms with van der Waals surface area (Å²) in [5.41, 5.74) is 8.27. The first-order chi connectivity index (χ1) is 16.4. The lowest BCUT2D eigenvalue weighted by Crippen LogP contribution is -2.30. The number of imidazole rings is 1. The van der Waals surface area contributed by atoms with Gasteiger partial charge in [0.05, 0.1) is 12.6 Å². The molecule has 1 fully saturated rings. The Morgan fingerprint density at radius 2 is 2.00 bits per heavy atom. The zero-order chi connectivity index (χ0) is 24.2. The highest BCUT2D eigenvalue weighted by molar-refractivity contribution is 6.04. The summed E-state index contributed by atoms with van der Waals surface area (Å²) in [6.45, 7) is 5.22. The minimum absolute atomic E-state index is 0.0513. The van der Waals surface area contributed by atoms with Crippen LogP contribution in [-0.4, -0.2) is 44.4 Å². The number of aryl methyl sites for hydroxylation is 1. The number of nitrogens with two attached hydrogens (primary N) is 2. The number of carbonyl (C=O) groups excluding carboxylic acids is 2. The average Bonchev–Trinajstić information content (AvgIpc) is 3.41. The summed E-state index contributed by atoms with van der Waals surface area (Å²) in [7, 11) is 0. The molecule has 1 atom stereocenters. The lowest BCUT2D eigenvalue weighted by molar-refractivity contribution is 0.0991. The molecule has 5 N–H and O–H groups in total. The van der Waals surface area contributed by atoms with Gasteiger partial charge < -0.3 is 16.9 Å². The summed E-state index contributed by atoms with van der Waals surface area (Å²) in [5, 5.41) is 2.78. The van der Waals surface area contributed by atoms with Gasteiger partial charge in [-0.15, -0.1) is 5.92 Å². The predicted octanol–water partition coefficient (Wildman–Crippen LogP) is 2.48. The summed E-state index contributed by atoms with van der Waals surface area (Å²) in [6, 6.07) is 10.4. The van der Waals surface area contributed by atoms with E-state index in [9.17, 15) is 9.59 Å². The minimum atomic E-state index is -0.665. The lowest BCUT2D eigenvalue weighted by Gasteiger charge is -2.21. The molecular weight excluding hydrogens is 430 g/mol. The summed E-state index contributed by atoms with van der Waals surface area (Å²) >= 11 is 0. The van der Waals surface area contributed by atoms with E-state index in [1.807, 2.05) is 13.0 Å². The van der Waals surface area contributed by atoms with Crippen LogP contribution < -0.4 is 16.9 Å².